The molecule has 0 saturated heterocycles. The Bertz CT molecular complexity index is 402. The van der Waals surface area contributed by atoms with E-state index in [0.29, 0.717) is 11.5 Å². The number of benzene rings is 1. The summed E-state index contributed by atoms with van der Waals surface area (Å²) in [5, 5.41) is 18.6. The van der Waals surface area contributed by atoms with Gasteiger partial charge in [-0.25, -0.2) is 0 Å². The summed E-state index contributed by atoms with van der Waals surface area (Å²) in [5.41, 5.74) is 3.16. The van der Waals surface area contributed by atoms with Crippen molar-refractivity contribution in [2.45, 2.75) is 31.4 Å². The zero-order valence-corrected chi connectivity index (χ0v) is 10.4. The van der Waals surface area contributed by atoms with Gasteiger partial charge < -0.3 is 10.2 Å². The summed E-state index contributed by atoms with van der Waals surface area (Å²) in [7, 11) is 0. The summed E-state index contributed by atoms with van der Waals surface area (Å²) < 4.78 is 0. The zero-order valence-electron chi connectivity index (χ0n) is 9.61. The molecule has 0 heterocycles. The number of fused-ring (bicyclic) bond motifs is 2. The van der Waals surface area contributed by atoms with Gasteiger partial charge in [-0.2, -0.15) is 0 Å². The maximum Gasteiger partial charge on any atom is 0.313 e. The van der Waals surface area contributed by atoms with Gasteiger partial charge in [0.05, 0.1) is 5.75 Å². The van der Waals surface area contributed by atoms with Crippen LogP contribution in [-0.2, 0) is 23.4 Å². The molecular formula is C13H16O3S. The molecule has 0 unspecified atom stereocenters. The minimum Gasteiger partial charge on any atom is -0.507 e. The summed E-state index contributed by atoms with van der Waals surface area (Å²) in [6.07, 6.45) is 4.08. The number of phenols is 1. The molecule has 0 aliphatic heterocycles. The third kappa shape index (κ3) is 3.16. The van der Waals surface area contributed by atoms with Crippen LogP contribution in [0.15, 0.2) is 12.1 Å². The number of hydrogen-bond donors (Lipinski definition) is 2. The van der Waals surface area contributed by atoms with E-state index in [2.05, 4.69) is 0 Å². The van der Waals surface area contributed by atoms with Crippen LogP contribution >= 0.6 is 11.8 Å². The molecule has 92 valence electrons. The normalized spacial score (nSPS) is 14.4. The van der Waals surface area contributed by atoms with Crippen LogP contribution in [0.5, 0.6) is 5.75 Å². The number of aryl methyl sites for hydroxylation is 2. The lowest BCUT2D eigenvalue weighted by Crippen LogP contribution is -1.98. The van der Waals surface area contributed by atoms with E-state index in [0.717, 1.165) is 42.4 Å². The van der Waals surface area contributed by atoms with Gasteiger partial charge in [0, 0.05) is 5.75 Å². The fourth-order valence-corrected chi connectivity index (χ4v) is 2.86. The van der Waals surface area contributed by atoms with Crippen LogP contribution in [0.25, 0.3) is 0 Å². The Kier molecular flexibility index (Phi) is 3.94. The Balaban J connectivity index is 2.11. The highest BCUT2D eigenvalue weighted by atomic mass is 32.2. The van der Waals surface area contributed by atoms with Crippen molar-refractivity contribution >= 4 is 17.7 Å². The fraction of sp³-hybridized carbons (Fsp3) is 0.462. The van der Waals surface area contributed by atoms with Crippen LogP contribution < -0.4 is 0 Å². The number of rotatable bonds is 4. The Hall–Kier alpha value is -1.16. The number of hydrogen-bond acceptors (Lipinski definition) is 3. The molecule has 0 fully saturated rings. The Morgan fingerprint density at radius 2 is 1.82 bits per heavy atom. The van der Waals surface area contributed by atoms with E-state index in [4.69, 9.17) is 5.11 Å². The van der Waals surface area contributed by atoms with Gasteiger partial charge in [-0.15, -0.1) is 11.8 Å². The van der Waals surface area contributed by atoms with E-state index < -0.39 is 5.97 Å². The van der Waals surface area contributed by atoms with Crippen molar-refractivity contribution in [3.63, 3.8) is 0 Å². The molecule has 4 heteroatoms. The summed E-state index contributed by atoms with van der Waals surface area (Å²) >= 11 is 1.40. The van der Waals surface area contributed by atoms with Crippen LogP contribution in [0.4, 0.5) is 0 Å². The SMILES string of the molecule is O=C(O)CSCc1cc2c(O)c(c1)CCCC2. The molecule has 1 aliphatic rings. The molecule has 17 heavy (non-hydrogen) atoms. The first-order chi connectivity index (χ1) is 8.16. The second kappa shape index (κ2) is 5.45. The molecule has 1 aromatic carbocycles. The third-order valence-corrected chi connectivity index (χ3v) is 3.95. The average molecular weight is 252 g/mol. The summed E-state index contributed by atoms with van der Waals surface area (Å²) in [6.45, 7) is 0. The molecule has 0 radical (unpaired) electrons. The van der Waals surface area contributed by atoms with Gasteiger partial charge >= 0.3 is 5.97 Å². The summed E-state index contributed by atoms with van der Waals surface area (Å²) in [5.74, 6) is 0.506. The average Bonchev–Trinajstić information content (AvgIpc) is 2.39. The molecular weight excluding hydrogens is 236 g/mol. The lowest BCUT2D eigenvalue weighted by atomic mass is 10.0. The summed E-state index contributed by atoms with van der Waals surface area (Å²) in [6, 6.07) is 4.03. The standard InChI is InChI=1S/C13H16O3S/c14-12(15)8-17-7-9-5-10-3-1-2-4-11(6-9)13(10)16/h5-6,16H,1-4,7-8H2,(H,14,15). The molecule has 2 bridgehead atoms. The van der Waals surface area contributed by atoms with Crippen LogP contribution in [-0.4, -0.2) is 21.9 Å². The number of aromatic hydroxyl groups is 1. The van der Waals surface area contributed by atoms with Gasteiger partial charge in [0.2, 0.25) is 0 Å². The molecule has 2 N–H and O–H groups in total. The predicted molar refractivity (Wildman–Crippen MR) is 68.5 cm³/mol. The first-order valence-electron chi connectivity index (χ1n) is 5.80. The number of carbonyl (C=O) groups is 1. The Morgan fingerprint density at radius 1 is 1.24 bits per heavy atom. The maximum absolute atomic E-state index is 10.4. The molecule has 0 aromatic heterocycles. The second-order valence-electron chi connectivity index (χ2n) is 4.36. The van der Waals surface area contributed by atoms with Gasteiger partial charge in [-0.05, 0) is 42.4 Å². The van der Waals surface area contributed by atoms with E-state index in [1.54, 1.807) is 0 Å². The van der Waals surface area contributed by atoms with Crippen molar-refractivity contribution in [1.82, 2.24) is 0 Å². The topological polar surface area (TPSA) is 57.5 Å². The first kappa shape index (κ1) is 12.3. The maximum atomic E-state index is 10.4. The quantitative estimate of drug-likeness (QED) is 0.864. The first-order valence-corrected chi connectivity index (χ1v) is 6.95. The molecule has 2 rings (SSSR count). The number of carboxylic acid groups (broad SMARTS) is 1. The zero-order chi connectivity index (χ0) is 12.3. The third-order valence-electron chi connectivity index (χ3n) is 2.96. The highest BCUT2D eigenvalue weighted by Crippen LogP contribution is 2.31. The number of phenolic OH excluding ortho intramolecular Hbond substituents is 1. The monoisotopic (exact) mass is 252 g/mol. The van der Waals surface area contributed by atoms with Crippen LogP contribution in [0, 0.1) is 0 Å². The molecule has 0 saturated carbocycles. The van der Waals surface area contributed by atoms with E-state index in [1.165, 1.54) is 11.8 Å². The molecule has 1 aromatic rings. The van der Waals surface area contributed by atoms with Gasteiger partial charge in [0.15, 0.2) is 0 Å². The number of thioether (sulfide) groups is 1. The van der Waals surface area contributed by atoms with Crippen molar-refractivity contribution in [3.05, 3.63) is 28.8 Å². The van der Waals surface area contributed by atoms with E-state index in [9.17, 15) is 9.90 Å². The highest BCUT2D eigenvalue weighted by molar-refractivity contribution is 7.99. The van der Waals surface area contributed by atoms with E-state index >= 15 is 0 Å². The minimum absolute atomic E-state index is 0.130. The van der Waals surface area contributed by atoms with E-state index in [-0.39, 0.29) is 5.75 Å². The molecule has 0 spiro atoms. The fourth-order valence-electron chi connectivity index (χ4n) is 2.18. The second-order valence-corrected chi connectivity index (χ2v) is 5.34. The van der Waals surface area contributed by atoms with Crippen molar-refractivity contribution in [1.29, 1.82) is 0 Å². The highest BCUT2D eigenvalue weighted by Gasteiger charge is 2.13. The largest absolute Gasteiger partial charge is 0.507 e. The van der Waals surface area contributed by atoms with Gasteiger partial charge in [-0.3, -0.25) is 4.79 Å². The van der Waals surface area contributed by atoms with Crippen LogP contribution in [0.2, 0.25) is 0 Å². The number of carboxylic acids is 1. The van der Waals surface area contributed by atoms with Crippen molar-refractivity contribution in [3.8, 4) is 5.75 Å². The van der Waals surface area contributed by atoms with Gasteiger partial charge in [0.1, 0.15) is 5.75 Å². The molecule has 0 amide bonds. The van der Waals surface area contributed by atoms with Crippen LogP contribution in [0.3, 0.4) is 0 Å². The number of aliphatic carboxylic acids is 1. The lowest BCUT2D eigenvalue weighted by Gasteiger charge is -2.09. The minimum atomic E-state index is -0.779. The molecule has 3 nitrogen and oxygen atoms in total. The van der Waals surface area contributed by atoms with Crippen LogP contribution in [0.1, 0.15) is 29.5 Å². The Morgan fingerprint density at radius 3 is 2.35 bits per heavy atom. The predicted octanol–water partition coefficient (Wildman–Crippen LogP) is 2.59. The van der Waals surface area contributed by atoms with E-state index in [1.807, 2.05) is 12.1 Å². The Labute approximate surface area is 105 Å². The van der Waals surface area contributed by atoms with Crippen molar-refractivity contribution < 1.29 is 15.0 Å². The van der Waals surface area contributed by atoms with Crippen molar-refractivity contribution in [2.75, 3.05) is 5.75 Å². The van der Waals surface area contributed by atoms with Gasteiger partial charge in [0.25, 0.3) is 0 Å². The summed E-state index contributed by atoms with van der Waals surface area (Å²) in [4.78, 5) is 10.4. The molecule has 1 aliphatic carbocycles. The smallest absolute Gasteiger partial charge is 0.313 e. The lowest BCUT2D eigenvalue weighted by molar-refractivity contribution is -0.133. The van der Waals surface area contributed by atoms with Gasteiger partial charge in [-0.1, -0.05) is 12.1 Å². The molecule has 0 atom stereocenters. The van der Waals surface area contributed by atoms with Crippen molar-refractivity contribution in [2.24, 2.45) is 0 Å².